The number of hydrogen-bond donors (Lipinski definition) is 1. The van der Waals surface area contributed by atoms with Crippen LogP contribution in [0.5, 0.6) is 17.2 Å². The van der Waals surface area contributed by atoms with Gasteiger partial charge in [-0.15, -0.1) is 0 Å². The van der Waals surface area contributed by atoms with Crippen LogP contribution in [0.15, 0.2) is 42.5 Å². The third kappa shape index (κ3) is 6.64. The van der Waals surface area contributed by atoms with Gasteiger partial charge in [0, 0.05) is 18.7 Å². The monoisotopic (exact) mass is 440 g/mol. The number of amides is 2. The van der Waals surface area contributed by atoms with E-state index in [1.807, 2.05) is 43.0 Å². The normalized spacial score (nSPS) is 13.4. The summed E-state index contributed by atoms with van der Waals surface area (Å²) in [5.74, 6) is 1.46. The first-order valence-corrected chi connectivity index (χ1v) is 11.2. The largest absolute Gasteiger partial charge is 0.491 e. The number of aryl methyl sites for hydroxylation is 1. The first-order valence-electron chi connectivity index (χ1n) is 11.2. The molecule has 0 spiro atoms. The number of hydrogen-bond acceptors (Lipinski definition) is 5. The Kier molecular flexibility index (Phi) is 8.78. The maximum atomic E-state index is 12.5. The van der Waals surface area contributed by atoms with Gasteiger partial charge >= 0.3 is 0 Å². The van der Waals surface area contributed by atoms with E-state index in [1.165, 1.54) is 6.42 Å². The molecule has 1 aliphatic rings. The summed E-state index contributed by atoms with van der Waals surface area (Å²) < 4.78 is 17.1. The number of nitrogens with zero attached hydrogens (tertiary/aromatic N) is 1. The summed E-state index contributed by atoms with van der Waals surface area (Å²) in [6.45, 7) is 6.54. The van der Waals surface area contributed by atoms with Crippen molar-refractivity contribution in [1.82, 2.24) is 10.2 Å². The van der Waals surface area contributed by atoms with Crippen molar-refractivity contribution < 1.29 is 23.8 Å². The molecule has 7 heteroatoms. The van der Waals surface area contributed by atoms with E-state index in [0.717, 1.165) is 37.2 Å². The molecule has 1 N–H and O–H groups in total. The maximum absolute atomic E-state index is 12.5. The molecular formula is C25H32N2O5. The Morgan fingerprint density at radius 3 is 2.47 bits per heavy atom. The molecule has 1 fully saturated rings. The average Bonchev–Trinajstić information content (AvgIpc) is 2.82. The van der Waals surface area contributed by atoms with Crippen LogP contribution in [0.1, 0.15) is 42.1 Å². The van der Waals surface area contributed by atoms with E-state index < -0.39 is 0 Å². The number of carbonyl (C=O) groups excluding carboxylic acids is 2. The summed E-state index contributed by atoms with van der Waals surface area (Å²) in [6.07, 6.45) is 3.24. The molecule has 0 bridgehead atoms. The molecule has 2 amide bonds. The number of rotatable bonds is 10. The van der Waals surface area contributed by atoms with E-state index in [2.05, 4.69) is 5.32 Å². The van der Waals surface area contributed by atoms with Gasteiger partial charge in [0.1, 0.15) is 12.4 Å². The fourth-order valence-electron chi connectivity index (χ4n) is 3.56. The second-order valence-corrected chi connectivity index (χ2v) is 7.69. The van der Waals surface area contributed by atoms with Crippen LogP contribution in [0, 0.1) is 6.92 Å². The Balaban J connectivity index is 1.52. The Labute approximate surface area is 189 Å². The second-order valence-electron chi connectivity index (χ2n) is 7.69. The van der Waals surface area contributed by atoms with Gasteiger partial charge in [0.15, 0.2) is 18.1 Å². The van der Waals surface area contributed by atoms with Crippen LogP contribution in [0.3, 0.4) is 0 Å². The van der Waals surface area contributed by atoms with Crippen molar-refractivity contribution in [3.8, 4) is 17.2 Å². The van der Waals surface area contributed by atoms with Gasteiger partial charge in [-0.05, 0) is 62.9 Å². The Morgan fingerprint density at radius 2 is 1.72 bits per heavy atom. The summed E-state index contributed by atoms with van der Waals surface area (Å²) in [7, 11) is 0. The van der Waals surface area contributed by atoms with Crippen molar-refractivity contribution >= 4 is 11.8 Å². The number of carbonyl (C=O) groups is 2. The zero-order valence-electron chi connectivity index (χ0n) is 18.9. The topological polar surface area (TPSA) is 77.1 Å². The average molecular weight is 441 g/mol. The van der Waals surface area contributed by atoms with Crippen molar-refractivity contribution in [2.45, 2.75) is 33.1 Å². The van der Waals surface area contributed by atoms with E-state index in [4.69, 9.17) is 14.2 Å². The first kappa shape index (κ1) is 23.4. The maximum Gasteiger partial charge on any atom is 0.260 e. The second kappa shape index (κ2) is 12.0. The molecule has 0 aromatic heterocycles. The standard InChI is InChI=1S/C25H32N2O5/c1-3-30-23-17-20(25(29)26-13-16-31-21-10-6-5-9-19(21)2)11-12-22(23)32-18-24(28)27-14-7-4-8-15-27/h5-6,9-12,17H,3-4,7-8,13-16,18H2,1-2H3,(H,26,29). The summed E-state index contributed by atoms with van der Waals surface area (Å²) in [5, 5.41) is 2.85. The molecule has 0 unspecified atom stereocenters. The molecule has 0 aliphatic carbocycles. The van der Waals surface area contributed by atoms with Gasteiger partial charge in [0.25, 0.3) is 11.8 Å². The van der Waals surface area contributed by atoms with Crippen molar-refractivity contribution in [1.29, 1.82) is 0 Å². The van der Waals surface area contributed by atoms with Crippen LogP contribution in [0.2, 0.25) is 0 Å². The number of benzene rings is 2. The lowest BCUT2D eigenvalue weighted by Gasteiger charge is -2.26. The minimum absolute atomic E-state index is 0.0254. The van der Waals surface area contributed by atoms with Crippen molar-refractivity contribution in [2.24, 2.45) is 0 Å². The number of likely N-dealkylation sites (tertiary alicyclic amines) is 1. The van der Waals surface area contributed by atoms with Crippen LogP contribution < -0.4 is 19.5 Å². The summed E-state index contributed by atoms with van der Waals surface area (Å²) >= 11 is 0. The highest BCUT2D eigenvalue weighted by Crippen LogP contribution is 2.28. The first-order chi connectivity index (χ1) is 15.6. The quantitative estimate of drug-likeness (QED) is 0.572. The zero-order chi connectivity index (χ0) is 22.8. The van der Waals surface area contributed by atoms with Crippen molar-refractivity contribution in [3.05, 3.63) is 53.6 Å². The van der Waals surface area contributed by atoms with E-state index >= 15 is 0 Å². The fourth-order valence-corrected chi connectivity index (χ4v) is 3.56. The lowest BCUT2D eigenvalue weighted by Crippen LogP contribution is -2.38. The van der Waals surface area contributed by atoms with Gasteiger partial charge in [-0.2, -0.15) is 0 Å². The Bertz CT molecular complexity index is 909. The molecule has 32 heavy (non-hydrogen) atoms. The van der Waals surface area contributed by atoms with E-state index in [9.17, 15) is 9.59 Å². The number of para-hydroxylation sites is 1. The van der Waals surface area contributed by atoms with Gasteiger partial charge in [0.05, 0.1) is 13.2 Å². The summed E-state index contributed by atoms with van der Waals surface area (Å²) in [6, 6.07) is 12.7. The zero-order valence-corrected chi connectivity index (χ0v) is 18.9. The molecule has 3 rings (SSSR count). The van der Waals surface area contributed by atoms with Crippen LogP contribution in [-0.2, 0) is 4.79 Å². The van der Waals surface area contributed by atoms with Gasteiger partial charge in [0.2, 0.25) is 0 Å². The number of ether oxygens (including phenoxy) is 3. The highest BCUT2D eigenvalue weighted by molar-refractivity contribution is 5.94. The molecule has 2 aromatic carbocycles. The number of nitrogens with one attached hydrogen (secondary N) is 1. The van der Waals surface area contributed by atoms with E-state index in [1.54, 1.807) is 18.2 Å². The van der Waals surface area contributed by atoms with Gasteiger partial charge in [-0.25, -0.2) is 0 Å². The molecule has 0 radical (unpaired) electrons. The lowest BCUT2D eigenvalue weighted by atomic mass is 10.1. The van der Waals surface area contributed by atoms with Gasteiger partial charge in [-0.3, -0.25) is 9.59 Å². The summed E-state index contributed by atoms with van der Waals surface area (Å²) in [4.78, 5) is 26.7. The third-order valence-corrected chi connectivity index (χ3v) is 5.30. The molecule has 172 valence electrons. The highest BCUT2D eigenvalue weighted by Gasteiger charge is 2.18. The molecule has 2 aromatic rings. The lowest BCUT2D eigenvalue weighted by molar-refractivity contribution is -0.134. The number of piperidine rings is 1. The minimum Gasteiger partial charge on any atom is -0.491 e. The van der Waals surface area contributed by atoms with Crippen LogP contribution >= 0.6 is 0 Å². The molecule has 0 atom stereocenters. The molecule has 1 heterocycles. The predicted octanol–water partition coefficient (Wildman–Crippen LogP) is 3.59. The summed E-state index contributed by atoms with van der Waals surface area (Å²) in [5.41, 5.74) is 1.51. The van der Waals surface area contributed by atoms with Crippen molar-refractivity contribution in [3.63, 3.8) is 0 Å². The third-order valence-electron chi connectivity index (χ3n) is 5.30. The SMILES string of the molecule is CCOc1cc(C(=O)NCCOc2ccccc2C)ccc1OCC(=O)N1CCCCC1. The smallest absolute Gasteiger partial charge is 0.260 e. The van der Waals surface area contributed by atoms with Crippen LogP contribution in [0.4, 0.5) is 0 Å². The van der Waals surface area contributed by atoms with Gasteiger partial charge < -0.3 is 24.4 Å². The van der Waals surface area contributed by atoms with Crippen molar-refractivity contribution in [2.75, 3.05) is 39.5 Å². The fraction of sp³-hybridized carbons (Fsp3) is 0.440. The highest BCUT2D eigenvalue weighted by atomic mass is 16.5. The Morgan fingerprint density at radius 1 is 0.938 bits per heavy atom. The molecular weight excluding hydrogens is 408 g/mol. The van der Waals surface area contributed by atoms with Gasteiger partial charge in [-0.1, -0.05) is 18.2 Å². The van der Waals surface area contributed by atoms with Crippen LogP contribution in [-0.4, -0.2) is 56.2 Å². The molecule has 1 saturated heterocycles. The minimum atomic E-state index is -0.227. The molecule has 1 aliphatic heterocycles. The Hall–Kier alpha value is -3.22. The van der Waals surface area contributed by atoms with E-state index in [0.29, 0.717) is 36.8 Å². The molecule has 7 nitrogen and oxygen atoms in total. The van der Waals surface area contributed by atoms with E-state index in [-0.39, 0.29) is 18.4 Å². The molecule has 0 saturated carbocycles. The van der Waals surface area contributed by atoms with Crippen LogP contribution in [0.25, 0.3) is 0 Å². The predicted molar refractivity (Wildman–Crippen MR) is 123 cm³/mol.